The van der Waals surface area contributed by atoms with Gasteiger partial charge in [-0.3, -0.25) is 0 Å². The zero-order chi connectivity index (χ0) is 36.2. The van der Waals surface area contributed by atoms with Crippen molar-refractivity contribution in [2.45, 2.75) is 19.3 Å². The molecule has 0 spiro atoms. The summed E-state index contributed by atoms with van der Waals surface area (Å²) in [7, 11) is 0. The second kappa shape index (κ2) is 12.8. The van der Waals surface area contributed by atoms with Crippen molar-refractivity contribution >= 4 is 38.6 Å². The summed E-state index contributed by atoms with van der Waals surface area (Å²) in [4.78, 5) is 2.48. The molecule has 0 unspecified atom stereocenters. The summed E-state index contributed by atoms with van der Waals surface area (Å²) < 4.78 is 0. The summed E-state index contributed by atoms with van der Waals surface area (Å²) in [6.07, 6.45) is 0. The molecule has 0 bridgehead atoms. The lowest BCUT2D eigenvalue weighted by Crippen LogP contribution is -2.15. The summed E-state index contributed by atoms with van der Waals surface area (Å²) >= 11 is 0. The van der Waals surface area contributed by atoms with Crippen molar-refractivity contribution in [2.75, 3.05) is 4.90 Å². The van der Waals surface area contributed by atoms with Crippen LogP contribution < -0.4 is 4.90 Å². The minimum Gasteiger partial charge on any atom is -0.310 e. The smallest absolute Gasteiger partial charge is 0.0546 e. The predicted molar refractivity (Wildman–Crippen MR) is 230 cm³/mol. The standard InChI is InChI=1S/C53H39N/c1-53(2)49-24-11-10-21-46(49)48-35-43(32-33-50(48)53)54(42-30-28-38(29-31-42)36-14-4-3-5-15-36)51-25-13-22-45(41-27-26-37-16-6-7-18-40(37)34-41)52(51)47-23-12-19-39-17-8-9-20-44(39)47/h3-35H,1-2H3. The minimum atomic E-state index is -0.0727. The molecular formula is C53H39N. The van der Waals surface area contributed by atoms with E-state index in [9.17, 15) is 0 Å². The van der Waals surface area contributed by atoms with E-state index in [1.165, 1.54) is 77.2 Å². The highest BCUT2D eigenvalue weighted by Gasteiger charge is 2.35. The van der Waals surface area contributed by atoms with Crippen LogP contribution in [0.3, 0.4) is 0 Å². The van der Waals surface area contributed by atoms with Crippen LogP contribution in [-0.2, 0) is 5.41 Å². The first-order valence-corrected chi connectivity index (χ1v) is 18.8. The van der Waals surface area contributed by atoms with E-state index in [-0.39, 0.29) is 5.41 Å². The lowest BCUT2D eigenvalue weighted by atomic mass is 9.82. The Morgan fingerprint density at radius 2 is 0.944 bits per heavy atom. The Labute approximate surface area is 317 Å². The monoisotopic (exact) mass is 689 g/mol. The van der Waals surface area contributed by atoms with Crippen molar-refractivity contribution in [2.24, 2.45) is 0 Å². The maximum Gasteiger partial charge on any atom is 0.0546 e. The zero-order valence-electron chi connectivity index (χ0n) is 30.5. The minimum absolute atomic E-state index is 0.0727. The topological polar surface area (TPSA) is 3.24 Å². The van der Waals surface area contributed by atoms with Gasteiger partial charge in [0.2, 0.25) is 0 Å². The van der Waals surface area contributed by atoms with Crippen LogP contribution in [-0.4, -0.2) is 0 Å². The number of benzene rings is 9. The molecule has 1 aliphatic rings. The Balaban J connectivity index is 1.26. The van der Waals surface area contributed by atoms with Crippen molar-refractivity contribution in [1.82, 2.24) is 0 Å². The molecule has 9 aromatic carbocycles. The number of anilines is 3. The molecule has 1 nitrogen and oxygen atoms in total. The van der Waals surface area contributed by atoms with Gasteiger partial charge in [0.05, 0.1) is 5.69 Å². The van der Waals surface area contributed by atoms with Gasteiger partial charge in [-0.15, -0.1) is 0 Å². The maximum atomic E-state index is 2.48. The fourth-order valence-corrected chi connectivity index (χ4v) is 8.76. The van der Waals surface area contributed by atoms with Gasteiger partial charge < -0.3 is 4.90 Å². The average Bonchev–Trinajstić information content (AvgIpc) is 3.46. The van der Waals surface area contributed by atoms with Crippen molar-refractivity contribution in [3.63, 3.8) is 0 Å². The van der Waals surface area contributed by atoms with E-state index < -0.39 is 0 Å². The van der Waals surface area contributed by atoms with E-state index in [1.54, 1.807) is 0 Å². The normalized spacial score (nSPS) is 12.8. The summed E-state index contributed by atoms with van der Waals surface area (Å²) in [6.45, 7) is 4.70. The highest BCUT2D eigenvalue weighted by Crippen LogP contribution is 2.52. The van der Waals surface area contributed by atoms with Crippen LogP contribution in [0, 0.1) is 0 Å². The zero-order valence-corrected chi connectivity index (χ0v) is 30.5. The van der Waals surface area contributed by atoms with Crippen molar-refractivity contribution < 1.29 is 0 Å². The Morgan fingerprint density at radius 3 is 1.80 bits per heavy atom. The Bertz CT molecular complexity index is 2840. The molecular weight excluding hydrogens is 651 g/mol. The lowest BCUT2D eigenvalue weighted by molar-refractivity contribution is 0.660. The quantitative estimate of drug-likeness (QED) is 0.168. The molecule has 0 saturated heterocycles. The van der Waals surface area contributed by atoms with Gasteiger partial charge in [-0.25, -0.2) is 0 Å². The van der Waals surface area contributed by atoms with Crippen LogP contribution in [0.1, 0.15) is 25.0 Å². The Kier molecular flexibility index (Phi) is 7.56. The van der Waals surface area contributed by atoms with E-state index in [0.29, 0.717) is 0 Å². The lowest BCUT2D eigenvalue weighted by Gasteiger charge is -2.30. The van der Waals surface area contributed by atoms with Gasteiger partial charge >= 0.3 is 0 Å². The molecule has 0 fully saturated rings. The van der Waals surface area contributed by atoms with Crippen LogP contribution in [0.5, 0.6) is 0 Å². The predicted octanol–water partition coefficient (Wildman–Crippen LogP) is 14.8. The molecule has 256 valence electrons. The summed E-state index contributed by atoms with van der Waals surface area (Å²) in [5.74, 6) is 0. The van der Waals surface area contributed by atoms with E-state index >= 15 is 0 Å². The molecule has 0 saturated carbocycles. The maximum absolute atomic E-state index is 2.48. The first-order chi connectivity index (χ1) is 26.5. The SMILES string of the molecule is CC1(C)c2ccccc2-c2cc(N(c3ccc(-c4ccccc4)cc3)c3cccc(-c4ccc5ccccc5c4)c3-c3cccc4ccccc34)ccc21. The van der Waals surface area contributed by atoms with E-state index in [4.69, 9.17) is 0 Å². The highest BCUT2D eigenvalue weighted by atomic mass is 15.1. The molecule has 0 amide bonds. The van der Waals surface area contributed by atoms with Gasteiger partial charge in [0.25, 0.3) is 0 Å². The van der Waals surface area contributed by atoms with Crippen LogP contribution in [0.4, 0.5) is 17.1 Å². The molecule has 0 heterocycles. The second-order valence-electron chi connectivity index (χ2n) is 14.9. The molecule has 0 atom stereocenters. The molecule has 9 aromatic rings. The summed E-state index contributed by atoms with van der Waals surface area (Å²) in [5.41, 5.74) is 15.9. The van der Waals surface area contributed by atoms with Gasteiger partial charge in [0.1, 0.15) is 0 Å². The summed E-state index contributed by atoms with van der Waals surface area (Å²) in [5, 5.41) is 4.94. The average molecular weight is 690 g/mol. The molecule has 10 rings (SSSR count). The number of fused-ring (bicyclic) bond motifs is 5. The number of hydrogen-bond donors (Lipinski definition) is 0. The Morgan fingerprint density at radius 1 is 0.352 bits per heavy atom. The van der Waals surface area contributed by atoms with E-state index in [1.807, 2.05) is 0 Å². The van der Waals surface area contributed by atoms with Crippen molar-refractivity contribution in [1.29, 1.82) is 0 Å². The molecule has 54 heavy (non-hydrogen) atoms. The molecule has 1 aliphatic carbocycles. The largest absolute Gasteiger partial charge is 0.310 e. The number of rotatable bonds is 6. The van der Waals surface area contributed by atoms with Crippen LogP contribution >= 0.6 is 0 Å². The first-order valence-electron chi connectivity index (χ1n) is 18.8. The van der Waals surface area contributed by atoms with Crippen molar-refractivity contribution in [3.8, 4) is 44.5 Å². The third-order valence-electron chi connectivity index (χ3n) is 11.5. The fourth-order valence-electron chi connectivity index (χ4n) is 8.76. The van der Waals surface area contributed by atoms with Crippen molar-refractivity contribution in [3.05, 3.63) is 211 Å². The molecule has 0 N–H and O–H groups in total. The second-order valence-corrected chi connectivity index (χ2v) is 14.9. The van der Waals surface area contributed by atoms with Gasteiger partial charge in [-0.1, -0.05) is 178 Å². The first kappa shape index (κ1) is 32.0. The van der Waals surface area contributed by atoms with E-state index in [0.717, 1.165) is 17.1 Å². The number of hydrogen-bond acceptors (Lipinski definition) is 1. The molecule has 1 heteroatoms. The fraction of sp³-hybridized carbons (Fsp3) is 0.0566. The molecule has 0 aromatic heterocycles. The van der Waals surface area contributed by atoms with Gasteiger partial charge in [0.15, 0.2) is 0 Å². The Hall–Kier alpha value is -6.70. The highest BCUT2D eigenvalue weighted by molar-refractivity contribution is 6.07. The molecule has 0 aliphatic heterocycles. The van der Waals surface area contributed by atoms with Gasteiger partial charge in [-0.2, -0.15) is 0 Å². The number of nitrogens with zero attached hydrogens (tertiary/aromatic N) is 1. The van der Waals surface area contributed by atoms with E-state index in [2.05, 4.69) is 219 Å². The summed E-state index contributed by atoms with van der Waals surface area (Å²) in [6, 6.07) is 73.6. The third kappa shape index (κ3) is 5.24. The van der Waals surface area contributed by atoms with Gasteiger partial charge in [0, 0.05) is 22.4 Å². The van der Waals surface area contributed by atoms with Crippen LogP contribution in [0.25, 0.3) is 66.1 Å². The van der Waals surface area contributed by atoms with Crippen LogP contribution in [0.15, 0.2) is 200 Å². The van der Waals surface area contributed by atoms with Crippen LogP contribution in [0.2, 0.25) is 0 Å². The van der Waals surface area contributed by atoms with Gasteiger partial charge in [-0.05, 0) is 108 Å². The molecule has 0 radical (unpaired) electrons. The third-order valence-corrected chi connectivity index (χ3v) is 11.5.